The van der Waals surface area contributed by atoms with Crippen molar-refractivity contribution in [1.29, 1.82) is 0 Å². The molecule has 1 saturated heterocycles. The van der Waals surface area contributed by atoms with E-state index in [9.17, 15) is 4.79 Å². The van der Waals surface area contributed by atoms with Crippen LogP contribution in [0.1, 0.15) is 69.4 Å². The molecule has 0 radical (unpaired) electrons. The average Bonchev–Trinajstić information content (AvgIpc) is 3.20. The van der Waals surface area contributed by atoms with Crippen molar-refractivity contribution >= 4 is 32.8 Å². The number of ether oxygens (including phenoxy) is 3. The number of halogens is 1. The van der Waals surface area contributed by atoms with E-state index in [2.05, 4.69) is 77.6 Å². The van der Waals surface area contributed by atoms with Crippen LogP contribution in [-0.2, 0) is 27.2 Å². The van der Waals surface area contributed by atoms with E-state index in [0.29, 0.717) is 19.1 Å². The molecule has 5 rings (SSSR count). The molecule has 1 fully saturated rings. The van der Waals surface area contributed by atoms with Gasteiger partial charge in [0.25, 0.3) is 0 Å². The summed E-state index contributed by atoms with van der Waals surface area (Å²) in [6, 6.07) is 6.62. The summed E-state index contributed by atoms with van der Waals surface area (Å²) in [5.74, 6) is 1.12. The monoisotopic (exact) mass is 597 g/mol. The number of carbonyl (C=O) groups excluding carboxylic acids is 1. The van der Waals surface area contributed by atoms with Crippen LogP contribution in [-0.4, -0.2) is 60.9 Å². The Morgan fingerprint density at radius 2 is 1.97 bits per heavy atom. The molecule has 0 bridgehead atoms. The molecule has 2 aliphatic rings. The zero-order valence-corrected chi connectivity index (χ0v) is 25.6. The van der Waals surface area contributed by atoms with Gasteiger partial charge in [0.05, 0.1) is 36.2 Å². The van der Waals surface area contributed by atoms with Gasteiger partial charge in [0.1, 0.15) is 12.4 Å². The fraction of sp³-hybridized carbons (Fsp3) is 0.548. The second kappa shape index (κ2) is 11.2. The summed E-state index contributed by atoms with van der Waals surface area (Å²) in [5, 5.41) is 1.16. The number of rotatable bonds is 8. The van der Waals surface area contributed by atoms with Crippen LogP contribution in [0.15, 0.2) is 28.9 Å². The smallest absolute Gasteiger partial charge is 0.302 e. The fourth-order valence-corrected chi connectivity index (χ4v) is 6.50. The maximum Gasteiger partial charge on any atom is 0.302 e. The number of aromatic nitrogens is 2. The highest BCUT2D eigenvalue weighted by atomic mass is 79.9. The largest absolute Gasteiger partial charge is 0.489 e. The van der Waals surface area contributed by atoms with E-state index in [1.807, 2.05) is 0 Å². The van der Waals surface area contributed by atoms with Crippen molar-refractivity contribution in [3.05, 3.63) is 45.7 Å². The molecule has 0 aliphatic carbocycles. The first kappa shape index (κ1) is 28.1. The van der Waals surface area contributed by atoms with Crippen LogP contribution in [0.2, 0.25) is 0 Å². The first-order valence-corrected chi connectivity index (χ1v) is 14.7. The number of benzene rings is 1. The maximum absolute atomic E-state index is 11.7. The zero-order valence-electron chi connectivity index (χ0n) is 24.0. The molecule has 3 aromatic rings. The molecule has 0 spiro atoms. The van der Waals surface area contributed by atoms with Crippen LogP contribution in [0.4, 0.5) is 0 Å². The summed E-state index contributed by atoms with van der Waals surface area (Å²) >= 11 is 3.72. The molecule has 7 nitrogen and oxygen atoms in total. The van der Waals surface area contributed by atoms with Crippen LogP contribution in [0.25, 0.3) is 22.2 Å². The van der Waals surface area contributed by atoms with Crippen molar-refractivity contribution in [3.63, 3.8) is 0 Å². The topological polar surface area (TPSA) is 65.8 Å². The third-order valence-corrected chi connectivity index (χ3v) is 8.67. The average molecular weight is 599 g/mol. The second-order valence-corrected chi connectivity index (χ2v) is 12.8. The molecule has 0 unspecified atom stereocenters. The Morgan fingerprint density at radius 1 is 1.23 bits per heavy atom. The summed E-state index contributed by atoms with van der Waals surface area (Å²) in [5.41, 5.74) is 6.59. The molecule has 210 valence electrons. The summed E-state index contributed by atoms with van der Waals surface area (Å²) in [6.07, 6.45) is 4.90. The van der Waals surface area contributed by atoms with Gasteiger partial charge >= 0.3 is 5.97 Å². The minimum Gasteiger partial charge on any atom is -0.489 e. The molecule has 39 heavy (non-hydrogen) atoms. The van der Waals surface area contributed by atoms with Crippen LogP contribution in [0.3, 0.4) is 0 Å². The number of methoxy groups -OCH3 is 1. The molecular formula is C31H40BrN3O4. The number of hydrogen-bond donors (Lipinski definition) is 0. The summed E-state index contributed by atoms with van der Waals surface area (Å²) in [7, 11) is 3.94. The Morgan fingerprint density at radius 3 is 2.67 bits per heavy atom. The van der Waals surface area contributed by atoms with Gasteiger partial charge in [-0.2, -0.15) is 0 Å². The van der Waals surface area contributed by atoms with Crippen molar-refractivity contribution in [3.8, 4) is 17.0 Å². The lowest BCUT2D eigenvalue weighted by atomic mass is 9.83. The Hall–Kier alpha value is -2.42. The second-order valence-electron chi connectivity index (χ2n) is 11.9. The Balaban J connectivity index is 1.74. The number of likely N-dealkylation sites (tertiary alicyclic amines) is 1. The van der Waals surface area contributed by atoms with E-state index in [1.165, 1.54) is 23.7 Å². The summed E-state index contributed by atoms with van der Waals surface area (Å²) in [4.78, 5) is 19.1. The fourth-order valence-electron chi connectivity index (χ4n) is 6.06. The van der Waals surface area contributed by atoms with Gasteiger partial charge in [0.15, 0.2) is 0 Å². The van der Waals surface area contributed by atoms with Crippen molar-refractivity contribution in [2.75, 3.05) is 40.5 Å². The lowest BCUT2D eigenvalue weighted by Crippen LogP contribution is -2.29. The Bertz CT molecular complexity index is 1370. The number of nitrogens with zero attached hydrogens (tertiary/aromatic N) is 3. The normalized spacial score (nSPS) is 17.3. The Kier molecular flexibility index (Phi) is 8.09. The van der Waals surface area contributed by atoms with Crippen LogP contribution in [0.5, 0.6) is 5.75 Å². The van der Waals surface area contributed by atoms with E-state index in [1.54, 1.807) is 7.11 Å². The van der Waals surface area contributed by atoms with E-state index in [0.717, 1.165) is 71.3 Å². The molecule has 0 amide bonds. The third-order valence-electron chi connectivity index (χ3n) is 8.21. The molecule has 8 heteroatoms. The van der Waals surface area contributed by atoms with Gasteiger partial charge in [-0.3, -0.25) is 9.78 Å². The van der Waals surface area contributed by atoms with Crippen LogP contribution >= 0.6 is 15.9 Å². The number of hydrogen-bond acceptors (Lipinski definition) is 6. The van der Waals surface area contributed by atoms with Gasteiger partial charge in [0.2, 0.25) is 0 Å². The molecular weight excluding hydrogens is 558 g/mol. The molecule has 4 heterocycles. The van der Waals surface area contributed by atoms with E-state index >= 15 is 0 Å². The summed E-state index contributed by atoms with van der Waals surface area (Å²) < 4.78 is 20.9. The SMILES string of the molecule is CO[C@@H](C)c1ncc(C2CCN(C)CC2)cc1-c1c(CC(C)(C)COC(C)=O)c2cc(Br)cc3c2n1CCO3. The Labute approximate surface area is 239 Å². The third kappa shape index (κ3) is 5.74. The first-order valence-electron chi connectivity index (χ1n) is 13.9. The van der Waals surface area contributed by atoms with Gasteiger partial charge in [-0.25, -0.2) is 0 Å². The highest BCUT2D eigenvalue weighted by Crippen LogP contribution is 2.46. The maximum atomic E-state index is 11.7. The highest BCUT2D eigenvalue weighted by molar-refractivity contribution is 9.10. The minimum absolute atomic E-state index is 0.162. The highest BCUT2D eigenvalue weighted by Gasteiger charge is 2.32. The van der Waals surface area contributed by atoms with Crippen LogP contribution in [0, 0.1) is 5.41 Å². The van der Waals surface area contributed by atoms with Crippen molar-refractivity contribution in [2.24, 2.45) is 5.41 Å². The quantitative estimate of drug-likeness (QED) is 0.276. The number of esters is 1. The molecule has 1 aromatic carbocycles. The molecule has 2 aliphatic heterocycles. The van der Waals surface area contributed by atoms with Crippen molar-refractivity contribution in [2.45, 2.75) is 65.5 Å². The van der Waals surface area contributed by atoms with E-state index in [4.69, 9.17) is 19.2 Å². The molecule has 0 saturated carbocycles. The predicted molar refractivity (Wildman–Crippen MR) is 157 cm³/mol. The number of pyridine rings is 1. The predicted octanol–water partition coefficient (Wildman–Crippen LogP) is 6.51. The zero-order chi connectivity index (χ0) is 27.9. The molecule has 2 aromatic heterocycles. The van der Waals surface area contributed by atoms with Gasteiger partial charge in [-0.1, -0.05) is 29.8 Å². The van der Waals surface area contributed by atoms with E-state index < -0.39 is 0 Å². The van der Waals surface area contributed by atoms with Gasteiger partial charge in [-0.15, -0.1) is 0 Å². The first-order chi connectivity index (χ1) is 18.6. The molecule has 1 atom stereocenters. The van der Waals surface area contributed by atoms with Crippen LogP contribution < -0.4 is 4.74 Å². The standard InChI is InChI=1S/C31H40BrN3O4/c1-19(37-6)28-25(13-22(17-33-28)21-7-9-34(5)10-8-21)29-26(16-31(3,4)18-39-20(2)36)24-14-23(32)15-27-30(24)35(29)11-12-38-27/h13-15,17,19,21H,7-12,16,18H2,1-6H3/t19-/m0/s1. The lowest BCUT2D eigenvalue weighted by molar-refractivity contribution is -0.143. The van der Waals surface area contributed by atoms with Crippen molar-refractivity contribution in [1.82, 2.24) is 14.5 Å². The minimum atomic E-state index is -0.275. The molecule has 0 N–H and O–H groups in total. The summed E-state index contributed by atoms with van der Waals surface area (Å²) in [6.45, 7) is 11.7. The lowest BCUT2D eigenvalue weighted by Gasteiger charge is -2.30. The van der Waals surface area contributed by atoms with E-state index in [-0.39, 0.29) is 17.5 Å². The van der Waals surface area contributed by atoms with Crippen molar-refractivity contribution < 1.29 is 19.0 Å². The number of carbonyl (C=O) groups is 1. The van der Waals surface area contributed by atoms with Gasteiger partial charge < -0.3 is 23.7 Å². The van der Waals surface area contributed by atoms with Gasteiger partial charge in [0, 0.05) is 41.1 Å². The van der Waals surface area contributed by atoms with Gasteiger partial charge in [-0.05, 0) is 81.6 Å². The number of piperidine rings is 1.